The molecule has 0 aliphatic carbocycles. The van der Waals surface area contributed by atoms with Crippen LogP contribution in [0.2, 0.25) is 10.0 Å². The van der Waals surface area contributed by atoms with Gasteiger partial charge >= 0.3 is 6.36 Å². The minimum Gasteiger partial charge on any atom is -0.406 e. The topological polar surface area (TPSA) is 73.2 Å². The van der Waals surface area contributed by atoms with Crippen LogP contribution in [0.15, 0.2) is 47.5 Å². The number of hydrogen-bond acceptors (Lipinski definition) is 4. The predicted octanol–water partition coefficient (Wildman–Crippen LogP) is 4.24. The summed E-state index contributed by atoms with van der Waals surface area (Å²) in [4.78, 5) is 28.7. The highest BCUT2D eigenvalue weighted by Gasteiger charge is 2.30. The summed E-state index contributed by atoms with van der Waals surface area (Å²) in [6.07, 6.45) is -3.63. The smallest absolute Gasteiger partial charge is 0.406 e. The molecule has 1 heterocycles. The van der Waals surface area contributed by atoms with E-state index in [9.17, 15) is 22.8 Å². The third-order valence-electron chi connectivity index (χ3n) is 3.53. The number of halogens is 5. The number of amides is 1. The van der Waals surface area contributed by atoms with Gasteiger partial charge in [-0.05, 0) is 36.4 Å². The number of carbonyl (C=O) groups excluding carboxylic acids is 1. The molecule has 3 rings (SSSR count). The van der Waals surface area contributed by atoms with Gasteiger partial charge < -0.3 is 10.1 Å². The van der Waals surface area contributed by atoms with Gasteiger partial charge in [0.2, 0.25) is 5.91 Å². The molecule has 0 radical (unpaired) electrons. The Hall–Kier alpha value is -2.78. The Morgan fingerprint density at radius 2 is 1.86 bits per heavy atom. The fraction of sp³-hybridized carbons (Fsp3) is 0.118. The van der Waals surface area contributed by atoms with Crippen LogP contribution in [0.4, 0.5) is 18.9 Å². The maximum absolute atomic E-state index is 12.5. The minimum atomic E-state index is -4.80. The first-order valence-electron chi connectivity index (χ1n) is 7.62. The Kier molecular flexibility index (Phi) is 5.48. The Morgan fingerprint density at radius 1 is 1.18 bits per heavy atom. The third kappa shape index (κ3) is 4.73. The number of nitrogens with one attached hydrogen (secondary N) is 1. The summed E-state index contributed by atoms with van der Waals surface area (Å²) < 4.78 is 41.2. The van der Waals surface area contributed by atoms with E-state index in [1.807, 2.05) is 0 Å². The van der Waals surface area contributed by atoms with E-state index < -0.39 is 23.6 Å². The molecule has 0 saturated carbocycles. The van der Waals surface area contributed by atoms with Crippen LogP contribution in [0.25, 0.3) is 10.9 Å². The number of nitrogens with zero attached hydrogens (tertiary/aromatic N) is 2. The number of fused-ring (bicyclic) bond motifs is 1. The van der Waals surface area contributed by atoms with Crippen molar-refractivity contribution in [2.75, 3.05) is 5.32 Å². The molecule has 0 unspecified atom stereocenters. The van der Waals surface area contributed by atoms with Crippen LogP contribution in [0.1, 0.15) is 0 Å². The molecule has 0 fully saturated rings. The van der Waals surface area contributed by atoms with Crippen LogP contribution < -0.4 is 15.6 Å². The fourth-order valence-corrected chi connectivity index (χ4v) is 2.94. The molecular formula is C17H10Cl2F3N3O3. The van der Waals surface area contributed by atoms with Crippen LogP contribution in [0.3, 0.4) is 0 Å². The first kappa shape index (κ1) is 20.0. The molecular weight excluding hydrogens is 422 g/mol. The molecule has 1 aromatic heterocycles. The molecule has 28 heavy (non-hydrogen) atoms. The Labute approximate surface area is 165 Å². The molecule has 11 heteroatoms. The summed E-state index contributed by atoms with van der Waals surface area (Å²) >= 11 is 11.9. The summed E-state index contributed by atoms with van der Waals surface area (Å²) in [5, 5.41) is 3.07. The van der Waals surface area contributed by atoms with Gasteiger partial charge in [-0.2, -0.15) is 0 Å². The minimum absolute atomic E-state index is 0.154. The monoisotopic (exact) mass is 431 g/mol. The van der Waals surface area contributed by atoms with Crippen molar-refractivity contribution in [1.82, 2.24) is 9.55 Å². The van der Waals surface area contributed by atoms with Gasteiger partial charge in [-0.1, -0.05) is 23.2 Å². The number of ether oxygens (including phenoxy) is 1. The summed E-state index contributed by atoms with van der Waals surface area (Å²) in [5.41, 5.74) is -0.0288. The van der Waals surface area contributed by atoms with Gasteiger partial charge in [0.1, 0.15) is 12.3 Å². The predicted molar refractivity (Wildman–Crippen MR) is 97.8 cm³/mol. The van der Waals surface area contributed by atoms with E-state index >= 15 is 0 Å². The summed E-state index contributed by atoms with van der Waals surface area (Å²) in [7, 11) is 0. The van der Waals surface area contributed by atoms with Gasteiger partial charge in [-0.15, -0.1) is 13.2 Å². The first-order valence-corrected chi connectivity index (χ1v) is 8.38. The van der Waals surface area contributed by atoms with Crippen molar-refractivity contribution in [3.63, 3.8) is 0 Å². The number of aromatic nitrogens is 2. The molecule has 2 aromatic carbocycles. The molecule has 0 aliphatic rings. The lowest BCUT2D eigenvalue weighted by molar-refractivity contribution is -0.274. The second-order valence-electron chi connectivity index (χ2n) is 5.58. The molecule has 0 atom stereocenters. The summed E-state index contributed by atoms with van der Waals surface area (Å²) in [5.74, 6) is -1.00. The lowest BCUT2D eigenvalue weighted by Gasteiger charge is -2.11. The van der Waals surface area contributed by atoms with E-state index in [2.05, 4.69) is 15.0 Å². The number of anilines is 1. The zero-order valence-corrected chi connectivity index (χ0v) is 15.3. The van der Waals surface area contributed by atoms with Crippen LogP contribution in [-0.2, 0) is 11.3 Å². The maximum Gasteiger partial charge on any atom is 0.573 e. The van der Waals surface area contributed by atoms with E-state index in [1.54, 1.807) is 0 Å². The number of rotatable bonds is 4. The molecule has 0 spiro atoms. The highest BCUT2D eigenvalue weighted by atomic mass is 35.5. The Bertz CT molecular complexity index is 1100. The van der Waals surface area contributed by atoms with Gasteiger partial charge in [-0.3, -0.25) is 14.2 Å². The van der Waals surface area contributed by atoms with Crippen molar-refractivity contribution in [2.45, 2.75) is 12.9 Å². The zero-order valence-electron chi connectivity index (χ0n) is 13.8. The quantitative estimate of drug-likeness (QED) is 0.670. The van der Waals surface area contributed by atoms with Gasteiger partial charge in [0.25, 0.3) is 5.56 Å². The van der Waals surface area contributed by atoms with E-state index in [0.29, 0.717) is 0 Å². The van der Waals surface area contributed by atoms with Crippen LogP contribution >= 0.6 is 23.2 Å². The molecule has 146 valence electrons. The standard InChI is InChI=1S/C17H10Cl2F3N3O3/c18-9-5-12-15(13(19)6-9)23-8-25(16(12)27)7-14(26)24-10-1-3-11(4-2-10)28-17(20,21)22/h1-6,8H,7H2,(H,24,26). The van der Waals surface area contributed by atoms with Crippen molar-refractivity contribution in [3.8, 4) is 5.75 Å². The zero-order chi connectivity index (χ0) is 20.5. The molecule has 0 aliphatic heterocycles. The highest BCUT2D eigenvalue weighted by Crippen LogP contribution is 2.25. The number of benzene rings is 2. The first-order chi connectivity index (χ1) is 13.1. The summed E-state index contributed by atoms with van der Waals surface area (Å²) in [6.45, 7) is -0.368. The maximum atomic E-state index is 12.5. The molecule has 3 aromatic rings. The number of carbonyl (C=O) groups is 1. The van der Waals surface area contributed by atoms with Crippen molar-refractivity contribution < 1.29 is 22.7 Å². The van der Waals surface area contributed by atoms with E-state index in [1.165, 1.54) is 30.6 Å². The lowest BCUT2D eigenvalue weighted by atomic mass is 10.2. The van der Waals surface area contributed by atoms with Crippen molar-refractivity contribution in [2.24, 2.45) is 0 Å². The molecule has 0 saturated heterocycles. The van der Waals surface area contributed by atoms with Gasteiger partial charge in [0, 0.05) is 10.7 Å². The molecule has 6 nitrogen and oxygen atoms in total. The second kappa shape index (κ2) is 7.69. The van der Waals surface area contributed by atoms with Crippen LogP contribution in [0, 0.1) is 0 Å². The van der Waals surface area contributed by atoms with Crippen molar-refractivity contribution in [3.05, 3.63) is 63.1 Å². The normalized spacial score (nSPS) is 11.5. The van der Waals surface area contributed by atoms with Crippen molar-refractivity contribution in [1.29, 1.82) is 0 Å². The van der Waals surface area contributed by atoms with Crippen LogP contribution in [0.5, 0.6) is 5.75 Å². The lowest BCUT2D eigenvalue weighted by Crippen LogP contribution is -2.28. The van der Waals surface area contributed by atoms with Gasteiger partial charge in [0.15, 0.2) is 0 Å². The second-order valence-corrected chi connectivity index (χ2v) is 6.43. The fourth-order valence-electron chi connectivity index (χ4n) is 2.40. The largest absolute Gasteiger partial charge is 0.573 e. The average Bonchev–Trinajstić information content (AvgIpc) is 2.58. The molecule has 1 N–H and O–H groups in total. The van der Waals surface area contributed by atoms with E-state index in [4.69, 9.17) is 23.2 Å². The SMILES string of the molecule is O=C(Cn1cnc2c(Cl)cc(Cl)cc2c1=O)Nc1ccc(OC(F)(F)F)cc1. The number of hydrogen-bond donors (Lipinski definition) is 1. The highest BCUT2D eigenvalue weighted by molar-refractivity contribution is 6.38. The van der Waals surface area contributed by atoms with E-state index in [0.717, 1.165) is 16.7 Å². The third-order valence-corrected chi connectivity index (χ3v) is 4.04. The van der Waals surface area contributed by atoms with Gasteiger partial charge in [-0.25, -0.2) is 4.98 Å². The number of alkyl halides is 3. The Balaban J connectivity index is 1.75. The summed E-state index contributed by atoms with van der Waals surface area (Å²) in [6, 6.07) is 7.42. The van der Waals surface area contributed by atoms with Gasteiger partial charge in [0.05, 0.1) is 22.3 Å². The van der Waals surface area contributed by atoms with Crippen LogP contribution in [-0.4, -0.2) is 21.8 Å². The van der Waals surface area contributed by atoms with Crippen molar-refractivity contribution >= 4 is 45.7 Å². The van der Waals surface area contributed by atoms with E-state index in [-0.39, 0.29) is 33.2 Å². The molecule has 1 amide bonds. The average molecular weight is 432 g/mol. The Morgan fingerprint density at radius 3 is 2.50 bits per heavy atom. The molecule has 0 bridgehead atoms.